The number of hydrogen-bond acceptors (Lipinski definition) is 8. The van der Waals surface area contributed by atoms with Crippen molar-refractivity contribution in [2.75, 3.05) is 6.61 Å². The second-order valence-corrected chi connectivity index (χ2v) is 13.5. The van der Waals surface area contributed by atoms with E-state index in [1.54, 1.807) is 13.0 Å². The molecule has 2 heterocycles. The SMILES string of the molecule is C[C@@H]1O[C@@H](O[C@H]2CC[C@@]3(C)[C@H](CC[C@@H]4[C@@H]3CC[C@]3(C)[C@@H](C5=CC(=O)OC5)CC[C@]43O)C2)[C@H](O)[C@H](O)[C@H]1O. The zero-order chi connectivity index (χ0) is 26.3. The summed E-state index contributed by atoms with van der Waals surface area (Å²) >= 11 is 0. The van der Waals surface area contributed by atoms with E-state index in [0.29, 0.717) is 18.4 Å². The molecule has 8 heteroatoms. The molecule has 0 spiro atoms. The quantitative estimate of drug-likeness (QED) is 0.330. The van der Waals surface area contributed by atoms with Gasteiger partial charge >= 0.3 is 5.97 Å². The van der Waals surface area contributed by atoms with Gasteiger partial charge in [0, 0.05) is 11.5 Å². The number of fused-ring (bicyclic) bond motifs is 5. The number of carbonyl (C=O) groups excluding carboxylic acids is 1. The molecule has 0 aromatic carbocycles. The Hall–Kier alpha value is -1.03. The summed E-state index contributed by atoms with van der Waals surface area (Å²) < 4.78 is 17.2. The van der Waals surface area contributed by atoms with Gasteiger partial charge in [0.1, 0.15) is 24.9 Å². The van der Waals surface area contributed by atoms with Crippen LogP contribution in [0.15, 0.2) is 11.6 Å². The van der Waals surface area contributed by atoms with Crippen LogP contribution in [-0.2, 0) is 19.0 Å². The summed E-state index contributed by atoms with van der Waals surface area (Å²) in [5, 5.41) is 43.0. The molecule has 5 fully saturated rings. The van der Waals surface area contributed by atoms with Gasteiger partial charge in [-0.25, -0.2) is 4.79 Å². The van der Waals surface area contributed by atoms with Crippen molar-refractivity contribution in [2.45, 2.75) is 121 Å². The number of esters is 1. The molecule has 2 aliphatic heterocycles. The molecule has 208 valence electrons. The van der Waals surface area contributed by atoms with Crippen LogP contribution in [0.2, 0.25) is 0 Å². The second kappa shape index (κ2) is 9.00. The Kier molecular flexibility index (Phi) is 6.37. The normalized spacial score (nSPS) is 55.6. The molecule has 37 heavy (non-hydrogen) atoms. The van der Waals surface area contributed by atoms with Gasteiger partial charge in [-0.05, 0) is 99.4 Å². The lowest BCUT2D eigenvalue weighted by Gasteiger charge is -2.64. The molecule has 4 N–H and O–H groups in total. The highest BCUT2D eigenvalue weighted by Gasteiger charge is 2.67. The lowest BCUT2D eigenvalue weighted by molar-refractivity contribution is -0.310. The number of rotatable bonds is 3. The van der Waals surface area contributed by atoms with Gasteiger partial charge in [-0.15, -0.1) is 0 Å². The molecule has 1 saturated heterocycles. The molecule has 0 aromatic heterocycles. The van der Waals surface area contributed by atoms with Crippen LogP contribution in [-0.4, -0.2) is 75.4 Å². The van der Waals surface area contributed by atoms with Gasteiger partial charge in [-0.3, -0.25) is 0 Å². The molecule has 4 saturated carbocycles. The zero-order valence-corrected chi connectivity index (χ0v) is 22.3. The van der Waals surface area contributed by atoms with E-state index >= 15 is 0 Å². The number of aliphatic hydroxyl groups is 4. The summed E-state index contributed by atoms with van der Waals surface area (Å²) in [5.74, 6) is 1.14. The first kappa shape index (κ1) is 26.2. The van der Waals surface area contributed by atoms with Crippen LogP contribution < -0.4 is 0 Å². The van der Waals surface area contributed by atoms with Crippen molar-refractivity contribution < 1.29 is 39.4 Å². The highest BCUT2D eigenvalue weighted by Crippen LogP contribution is 2.70. The van der Waals surface area contributed by atoms with E-state index in [0.717, 1.165) is 63.4 Å². The monoisotopic (exact) mass is 520 g/mol. The van der Waals surface area contributed by atoms with E-state index < -0.39 is 36.3 Å². The average Bonchev–Trinajstić information content (AvgIpc) is 3.41. The van der Waals surface area contributed by atoms with E-state index in [1.165, 1.54) is 0 Å². The van der Waals surface area contributed by atoms with Gasteiger partial charge < -0.3 is 34.6 Å². The van der Waals surface area contributed by atoms with Crippen molar-refractivity contribution in [3.63, 3.8) is 0 Å². The predicted molar refractivity (Wildman–Crippen MR) is 133 cm³/mol. The van der Waals surface area contributed by atoms with Crippen molar-refractivity contribution in [3.8, 4) is 0 Å². The van der Waals surface area contributed by atoms with Crippen LogP contribution in [0.25, 0.3) is 0 Å². The third-order valence-corrected chi connectivity index (χ3v) is 12.1. The van der Waals surface area contributed by atoms with Crippen molar-refractivity contribution in [1.82, 2.24) is 0 Å². The Morgan fingerprint density at radius 3 is 2.46 bits per heavy atom. The van der Waals surface area contributed by atoms with Gasteiger partial charge in [-0.2, -0.15) is 0 Å². The predicted octanol–water partition coefficient (Wildman–Crippen LogP) is 2.46. The molecule has 0 radical (unpaired) electrons. The summed E-state index contributed by atoms with van der Waals surface area (Å²) in [7, 11) is 0. The largest absolute Gasteiger partial charge is 0.458 e. The standard InChI is InChI=1S/C29H44O8/c1-15-23(31)24(32)25(33)26(36-15)37-18-6-9-27(2)17(13-18)4-5-21-20(27)7-10-28(3)19(8-11-29(21,28)34)16-12-22(30)35-14-16/h12,15,17-21,23-26,31-34H,4-11,13-14H2,1-3H3/t15-,17+,18-,19+,20-,21+,23-,24+,25+,26-,27-,28+,29-/m0/s1. The van der Waals surface area contributed by atoms with Crippen molar-refractivity contribution in [1.29, 1.82) is 0 Å². The third-order valence-electron chi connectivity index (χ3n) is 12.1. The van der Waals surface area contributed by atoms with Crippen molar-refractivity contribution in [3.05, 3.63) is 11.6 Å². The first-order valence-electron chi connectivity index (χ1n) is 14.4. The Morgan fingerprint density at radius 2 is 1.73 bits per heavy atom. The number of cyclic esters (lactones) is 1. The van der Waals surface area contributed by atoms with Crippen molar-refractivity contribution in [2.24, 2.45) is 34.5 Å². The summed E-state index contributed by atoms with van der Waals surface area (Å²) in [6.45, 7) is 6.73. The molecule has 0 amide bonds. The summed E-state index contributed by atoms with van der Waals surface area (Å²) in [4.78, 5) is 11.8. The first-order chi connectivity index (χ1) is 17.5. The summed E-state index contributed by atoms with van der Waals surface area (Å²) in [6.07, 6.45) is 4.88. The molecule has 6 aliphatic rings. The highest BCUT2D eigenvalue weighted by atomic mass is 16.7. The minimum Gasteiger partial charge on any atom is -0.458 e. The van der Waals surface area contributed by atoms with Crippen LogP contribution in [0.1, 0.15) is 78.6 Å². The maximum atomic E-state index is 12.4. The fourth-order valence-corrected chi connectivity index (χ4v) is 9.81. The van der Waals surface area contributed by atoms with Crippen molar-refractivity contribution >= 4 is 5.97 Å². The molecular weight excluding hydrogens is 476 g/mol. The second-order valence-electron chi connectivity index (χ2n) is 13.5. The minimum absolute atomic E-state index is 0.0661. The lowest BCUT2D eigenvalue weighted by Crippen LogP contribution is -2.62. The van der Waals surface area contributed by atoms with E-state index in [2.05, 4.69) is 13.8 Å². The third kappa shape index (κ3) is 3.80. The molecule has 4 aliphatic carbocycles. The number of ether oxygens (including phenoxy) is 3. The smallest absolute Gasteiger partial charge is 0.331 e. The van der Waals surface area contributed by atoms with E-state index in [-0.39, 0.29) is 34.7 Å². The molecule has 0 unspecified atom stereocenters. The Bertz CT molecular complexity index is 952. The van der Waals surface area contributed by atoms with Gasteiger partial charge in [-0.1, -0.05) is 13.8 Å². The van der Waals surface area contributed by atoms with Crippen LogP contribution in [0.4, 0.5) is 0 Å². The van der Waals surface area contributed by atoms with Crippen LogP contribution in [0.5, 0.6) is 0 Å². The summed E-state index contributed by atoms with van der Waals surface area (Å²) in [5.41, 5.74) is 0.243. The van der Waals surface area contributed by atoms with Gasteiger partial charge in [0.2, 0.25) is 0 Å². The highest BCUT2D eigenvalue weighted by molar-refractivity contribution is 5.85. The van der Waals surface area contributed by atoms with E-state index in [9.17, 15) is 25.2 Å². The number of aliphatic hydroxyl groups excluding tert-OH is 3. The zero-order valence-electron chi connectivity index (χ0n) is 22.3. The van der Waals surface area contributed by atoms with Gasteiger partial charge in [0.15, 0.2) is 6.29 Å². The first-order valence-corrected chi connectivity index (χ1v) is 14.4. The Morgan fingerprint density at radius 1 is 0.946 bits per heavy atom. The average molecular weight is 521 g/mol. The lowest BCUT2D eigenvalue weighted by atomic mass is 9.43. The molecule has 0 bridgehead atoms. The number of hydrogen-bond donors (Lipinski definition) is 4. The maximum absolute atomic E-state index is 12.4. The topological polar surface area (TPSA) is 126 Å². The Labute approximate surface area is 219 Å². The van der Waals surface area contributed by atoms with Gasteiger partial charge in [0.05, 0.1) is 17.8 Å². The van der Waals surface area contributed by atoms with Crippen LogP contribution in [0.3, 0.4) is 0 Å². The van der Waals surface area contributed by atoms with E-state index in [1.807, 2.05) is 0 Å². The molecule has 13 atom stereocenters. The van der Waals surface area contributed by atoms with Gasteiger partial charge in [0.25, 0.3) is 0 Å². The number of carbonyl (C=O) groups is 1. The fourth-order valence-electron chi connectivity index (χ4n) is 9.81. The molecule has 6 rings (SSSR count). The molecule has 8 nitrogen and oxygen atoms in total. The van der Waals surface area contributed by atoms with E-state index in [4.69, 9.17) is 14.2 Å². The van der Waals surface area contributed by atoms with Crippen LogP contribution >= 0.6 is 0 Å². The Balaban J connectivity index is 1.16. The molecule has 0 aromatic rings. The van der Waals surface area contributed by atoms with Crippen LogP contribution in [0, 0.1) is 34.5 Å². The molecular formula is C29H44O8. The summed E-state index contributed by atoms with van der Waals surface area (Å²) in [6, 6.07) is 0. The minimum atomic E-state index is -1.28. The maximum Gasteiger partial charge on any atom is 0.331 e. The fraction of sp³-hybridized carbons (Fsp3) is 0.897.